The number of nitriles is 1. The van der Waals surface area contributed by atoms with Gasteiger partial charge in [0.2, 0.25) is 0 Å². The molecule has 0 spiro atoms. The Morgan fingerprint density at radius 3 is 2.68 bits per heavy atom. The second kappa shape index (κ2) is 7.09. The molecule has 7 nitrogen and oxygen atoms in total. The van der Waals surface area contributed by atoms with Gasteiger partial charge in [-0.3, -0.25) is 13.9 Å². The largest absolute Gasteiger partial charge is 0.336 e. The van der Waals surface area contributed by atoms with Crippen LogP contribution in [0, 0.1) is 11.3 Å². The van der Waals surface area contributed by atoms with Gasteiger partial charge in [0.05, 0.1) is 6.07 Å². The second-order valence-electron chi connectivity index (χ2n) is 6.58. The molecule has 2 aromatic rings. The third kappa shape index (κ3) is 3.04. The molecule has 7 heteroatoms. The number of H-pyrrole nitrogens is 1. The summed E-state index contributed by atoms with van der Waals surface area (Å²) in [5.74, 6) is 0.906. The molecule has 0 aromatic carbocycles. The third-order valence-electron chi connectivity index (χ3n) is 4.75. The zero-order valence-electron chi connectivity index (χ0n) is 14.7. The average Bonchev–Trinajstić information content (AvgIpc) is 3.23. The maximum absolute atomic E-state index is 12.7. The first-order valence-electron chi connectivity index (χ1n) is 8.91. The van der Waals surface area contributed by atoms with Gasteiger partial charge >= 0.3 is 5.69 Å². The molecule has 2 aromatic heterocycles. The molecule has 1 N–H and O–H groups in total. The summed E-state index contributed by atoms with van der Waals surface area (Å²) >= 11 is 0. The molecule has 1 fully saturated rings. The number of fused-ring (bicyclic) bond motifs is 1. The molecular formula is C18H23N5O2. The Morgan fingerprint density at radius 1 is 1.28 bits per heavy atom. The highest BCUT2D eigenvalue weighted by atomic mass is 16.2. The van der Waals surface area contributed by atoms with Crippen LogP contribution in [0.2, 0.25) is 0 Å². The van der Waals surface area contributed by atoms with Crippen molar-refractivity contribution in [2.45, 2.75) is 65.0 Å². The number of imidazole rings is 1. The number of allylic oxidation sites excluding steroid dienone is 2. The minimum absolute atomic E-state index is 0.163. The highest BCUT2D eigenvalue weighted by Crippen LogP contribution is 2.36. The molecule has 0 aliphatic heterocycles. The summed E-state index contributed by atoms with van der Waals surface area (Å²) in [6.45, 7) is 4.88. The number of hydrogen-bond acceptors (Lipinski definition) is 4. The van der Waals surface area contributed by atoms with Crippen molar-refractivity contribution < 1.29 is 0 Å². The first kappa shape index (κ1) is 17.2. The van der Waals surface area contributed by atoms with Crippen molar-refractivity contribution in [2.24, 2.45) is 0 Å². The van der Waals surface area contributed by atoms with E-state index in [1.807, 2.05) is 13.8 Å². The molecule has 132 valence electrons. The van der Waals surface area contributed by atoms with Crippen LogP contribution in [0.1, 0.15) is 57.7 Å². The standard InChI is InChI=1S/C18H23N5O2/c1-3-9-22-16-14(17(24)23(10-4-2)18(22)25)20-15(21-16)13-6-5-12(11-13)7-8-19/h7,13H,3-6,9-11H2,1-2H3,(H,20,21). The summed E-state index contributed by atoms with van der Waals surface area (Å²) < 4.78 is 2.91. The van der Waals surface area contributed by atoms with Crippen LogP contribution in [0.5, 0.6) is 0 Å². The Morgan fingerprint density at radius 2 is 2.00 bits per heavy atom. The summed E-state index contributed by atoms with van der Waals surface area (Å²) in [6.07, 6.45) is 5.66. The fraction of sp³-hybridized carbons (Fsp3) is 0.556. The lowest BCUT2D eigenvalue weighted by atomic mass is 10.1. The van der Waals surface area contributed by atoms with Crippen molar-refractivity contribution in [3.63, 3.8) is 0 Å². The van der Waals surface area contributed by atoms with E-state index in [1.54, 1.807) is 10.6 Å². The molecular weight excluding hydrogens is 318 g/mol. The summed E-state index contributed by atoms with van der Waals surface area (Å²) in [4.78, 5) is 33.2. The lowest BCUT2D eigenvalue weighted by molar-refractivity contribution is 0.555. The topological polar surface area (TPSA) is 96.5 Å². The molecule has 0 bridgehead atoms. The van der Waals surface area contributed by atoms with Crippen LogP contribution < -0.4 is 11.2 Å². The van der Waals surface area contributed by atoms with E-state index in [9.17, 15) is 9.59 Å². The highest BCUT2D eigenvalue weighted by molar-refractivity contribution is 5.70. The first-order valence-corrected chi connectivity index (χ1v) is 8.91. The maximum atomic E-state index is 12.7. The predicted octanol–water partition coefficient (Wildman–Crippen LogP) is 2.42. The Bertz CT molecular complexity index is 970. The second-order valence-corrected chi connectivity index (χ2v) is 6.58. The molecule has 2 heterocycles. The van der Waals surface area contributed by atoms with Gasteiger partial charge in [-0.1, -0.05) is 19.4 Å². The van der Waals surface area contributed by atoms with Gasteiger partial charge in [-0.25, -0.2) is 9.78 Å². The van der Waals surface area contributed by atoms with Gasteiger partial charge in [0.25, 0.3) is 5.56 Å². The Balaban J connectivity index is 2.13. The SMILES string of the molecule is CCCn1c(=O)c2[nH]c(C3CCC(=CC#N)C3)nc2n(CCC)c1=O. The molecule has 1 atom stereocenters. The quantitative estimate of drug-likeness (QED) is 0.845. The van der Waals surface area contributed by atoms with Gasteiger partial charge < -0.3 is 4.98 Å². The number of aromatic nitrogens is 4. The highest BCUT2D eigenvalue weighted by Gasteiger charge is 2.26. The van der Waals surface area contributed by atoms with Crippen LogP contribution in [0.15, 0.2) is 21.2 Å². The van der Waals surface area contributed by atoms with E-state index in [2.05, 4.69) is 16.0 Å². The van der Waals surface area contributed by atoms with Crippen molar-refractivity contribution in [3.8, 4) is 6.07 Å². The number of hydrogen-bond donors (Lipinski definition) is 1. The number of nitrogens with one attached hydrogen (secondary N) is 1. The fourth-order valence-electron chi connectivity index (χ4n) is 3.56. The predicted molar refractivity (Wildman–Crippen MR) is 95.5 cm³/mol. The van der Waals surface area contributed by atoms with Gasteiger partial charge in [0.1, 0.15) is 11.3 Å². The Kier molecular flexibility index (Phi) is 4.88. The molecule has 1 saturated carbocycles. The molecule has 0 amide bonds. The fourth-order valence-corrected chi connectivity index (χ4v) is 3.56. The van der Waals surface area contributed by atoms with Crippen molar-refractivity contribution in [3.05, 3.63) is 38.3 Å². The zero-order valence-corrected chi connectivity index (χ0v) is 14.7. The summed E-state index contributed by atoms with van der Waals surface area (Å²) in [5.41, 5.74) is 1.41. The molecule has 0 saturated heterocycles. The summed E-state index contributed by atoms with van der Waals surface area (Å²) in [5, 5.41) is 8.81. The van der Waals surface area contributed by atoms with Gasteiger partial charge in [0.15, 0.2) is 5.65 Å². The minimum Gasteiger partial charge on any atom is -0.336 e. The molecule has 25 heavy (non-hydrogen) atoms. The van der Waals surface area contributed by atoms with E-state index in [4.69, 9.17) is 5.26 Å². The molecule has 1 aliphatic carbocycles. The number of rotatable bonds is 5. The zero-order chi connectivity index (χ0) is 18.0. The molecule has 0 radical (unpaired) electrons. The van der Waals surface area contributed by atoms with E-state index in [1.165, 1.54) is 4.57 Å². The molecule has 1 unspecified atom stereocenters. The lowest BCUT2D eigenvalue weighted by Crippen LogP contribution is -2.40. The third-order valence-corrected chi connectivity index (χ3v) is 4.75. The minimum atomic E-state index is -0.293. The number of nitrogens with zero attached hydrogens (tertiary/aromatic N) is 4. The van der Waals surface area contributed by atoms with E-state index in [-0.39, 0.29) is 17.2 Å². The normalized spacial score (nSPS) is 18.9. The van der Waals surface area contributed by atoms with E-state index >= 15 is 0 Å². The summed E-state index contributed by atoms with van der Waals surface area (Å²) in [7, 11) is 0. The van der Waals surface area contributed by atoms with Crippen LogP contribution in [-0.2, 0) is 13.1 Å². The first-order chi connectivity index (χ1) is 12.1. The molecule has 1 aliphatic rings. The van der Waals surface area contributed by atoms with Crippen LogP contribution in [0.4, 0.5) is 0 Å². The van der Waals surface area contributed by atoms with Crippen molar-refractivity contribution in [1.29, 1.82) is 5.26 Å². The van der Waals surface area contributed by atoms with Gasteiger partial charge in [-0.05, 0) is 32.1 Å². The number of aromatic amines is 1. The summed E-state index contributed by atoms with van der Waals surface area (Å²) in [6, 6.07) is 2.08. The molecule has 3 rings (SSSR count). The van der Waals surface area contributed by atoms with Crippen LogP contribution >= 0.6 is 0 Å². The van der Waals surface area contributed by atoms with Crippen LogP contribution in [0.25, 0.3) is 11.2 Å². The van der Waals surface area contributed by atoms with Gasteiger partial charge in [-0.2, -0.15) is 5.26 Å². The van der Waals surface area contributed by atoms with E-state index in [0.717, 1.165) is 43.5 Å². The van der Waals surface area contributed by atoms with Crippen LogP contribution in [0.3, 0.4) is 0 Å². The lowest BCUT2D eigenvalue weighted by Gasteiger charge is -2.09. The van der Waals surface area contributed by atoms with Crippen LogP contribution in [-0.4, -0.2) is 19.1 Å². The monoisotopic (exact) mass is 341 g/mol. The van der Waals surface area contributed by atoms with Gasteiger partial charge in [0, 0.05) is 25.1 Å². The smallest absolute Gasteiger partial charge is 0.332 e. The average molecular weight is 341 g/mol. The van der Waals surface area contributed by atoms with Crippen molar-refractivity contribution in [2.75, 3.05) is 0 Å². The van der Waals surface area contributed by atoms with Gasteiger partial charge in [-0.15, -0.1) is 0 Å². The van der Waals surface area contributed by atoms with E-state index < -0.39 is 0 Å². The Hall–Kier alpha value is -2.62. The Labute approximate surface area is 145 Å². The van der Waals surface area contributed by atoms with Crippen molar-refractivity contribution in [1.82, 2.24) is 19.1 Å². The maximum Gasteiger partial charge on any atom is 0.332 e. The van der Waals surface area contributed by atoms with E-state index in [0.29, 0.717) is 24.3 Å². The van der Waals surface area contributed by atoms with Crippen molar-refractivity contribution >= 4 is 11.2 Å². The number of aryl methyl sites for hydroxylation is 1.